The molecule has 0 aliphatic carbocycles. The minimum absolute atomic E-state index is 0.0240. The fourth-order valence-corrected chi connectivity index (χ4v) is 4.44. The zero-order valence-corrected chi connectivity index (χ0v) is 16.7. The van der Waals surface area contributed by atoms with Crippen molar-refractivity contribution in [3.05, 3.63) is 34.6 Å². The number of likely N-dealkylation sites (tertiary alicyclic amines) is 1. The number of nitrogens with one attached hydrogen (secondary N) is 1. The van der Waals surface area contributed by atoms with Gasteiger partial charge < -0.3 is 16.0 Å². The van der Waals surface area contributed by atoms with Crippen LogP contribution in [0.3, 0.4) is 0 Å². The molecule has 1 aliphatic rings. The van der Waals surface area contributed by atoms with Crippen molar-refractivity contribution in [2.45, 2.75) is 45.6 Å². The summed E-state index contributed by atoms with van der Waals surface area (Å²) in [6.45, 7) is 5.49. The second-order valence-corrected chi connectivity index (χ2v) is 7.80. The van der Waals surface area contributed by atoms with Crippen molar-refractivity contribution >= 4 is 23.2 Å². The average Bonchev–Trinajstić information content (AvgIpc) is 3.27. The van der Waals surface area contributed by atoms with Gasteiger partial charge in [0.2, 0.25) is 5.91 Å². The van der Waals surface area contributed by atoms with E-state index in [1.54, 1.807) is 17.5 Å². The maximum Gasteiger partial charge on any atom is 0.256 e. The fourth-order valence-electron chi connectivity index (χ4n) is 3.69. The minimum Gasteiger partial charge on any atom is -0.354 e. The van der Waals surface area contributed by atoms with Crippen LogP contribution in [0, 0.1) is 13.8 Å². The molecule has 2 amide bonds. The number of hydrogen-bond donors (Lipinski definition) is 2. The van der Waals surface area contributed by atoms with E-state index < -0.39 is 0 Å². The maximum atomic E-state index is 13.3. The van der Waals surface area contributed by atoms with Gasteiger partial charge in [0, 0.05) is 55.1 Å². The molecule has 1 atom stereocenters. The molecule has 7 nitrogen and oxygen atoms in total. The summed E-state index contributed by atoms with van der Waals surface area (Å²) in [7, 11) is 0. The molecule has 3 rings (SSSR count). The fraction of sp³-hybridized carbons (Fsp3) is 0.526. The van der Waals surface area contributed by atoms with E-state index in [0.29, 0.717) is 25.1 Å². The summed E-state index contributed by atoms with van der Waals surface area (Å²) in [4.78, 5) is 31.4. The van der Waals surface area contributed by atoms with Crippen LogP contribution in [0.1, 0.15) is 47.4 Å². The molecular weight excluding hydrogens is 362 g/mol. The largest absolute Gasteiger partial charge is 0.354 e. The number of piperidine rings is 1. The summed E-state index contributed by atoms with van der Waals surface area (Å²) < 4.78 is 2.03. The van der Waals surface area contributed by atoms with Crippen molar-refractivity contribution in [3.63, 3.8) is 0 Å². The van der Waals surface area contributed by atoms with Gasteiger partial charge in [-0.15, -0.1) is 11.3 Å². The lowest BCUT2D eigenvalue weighted by molar-refractivity contribution is -0.121. The highest BCUT2D eigenvalue weighted by Gasteiger charge is 2.30. The number of nitrogens with zero attached hydrogens (tertiary/aromatic N) is 3. The van der Waals surface area contributed by atoms with E-state index in [0.717, 1.165) is 42.3 Å². The van der Waals surface area contributed by atoms with Crippen molar-refractivity contribution in [2.24, 2.45) is 5.73 Å². The summed E-state index contributed by atoms with van der Waals surface area (Å²) in [5, 5.41) is 5.72. The molecule has 0 bridgehead atoms. The number of thiazole rings is 1. The quantitative estimate of drug-likeness (QED) is 0.790. The Bertz CT molecular complexity index is 799. The first kappa shape index (κ1) is 19.6. The molecule has 1 fully saturated rings. The first-order valence-corrected chi connectivity index (χ1v) is 10.3. The molecule has 1 saturated heterocycles. The van der Waals surface area contributed by atoms with Crippen LogP contribution >= 0.6 is 11.3 Å². The Morgan fingerprint density at radius 1 is 1.37 bits per heavy atom. The topological polar surface area (TPSA) is 93.3 Å². The maximum absolute atomic E-state index is 13.3. The van der Waals surface area contributed by atoms with Crippen molar-refractivity contribution < 1.29 is 9.59 Å². The van der Waals surface area contributed by atoms with Crippen LogP contribution in [-0.2, 0) is 4.79 Å². The second kappa shape index (κ2) is 8.67. The van der Waals surface area contributed by atoms with E-state index in [1.165, 1.54) is 0 Å². The van der Waals surface area contributed by atoms with E-state index in [1.807, 2.05) is 34.8 Å². The SMILES string of the molecule is Cc1cc(C(=O)N2CCCCC2CNC(=O)CCN)c(C)n1-c1nccs1. The zero-order chi connectivity index (χ0) is 19.4. The van der Waals surface area contributed by atoms with Gasteiger partial charge in [0.1, 0.15) is 0 Å². The van der Waals surface area contributed by atoms with Crippen molar-refractivity contribution in [2.75, 3.05) is 19.6 Å². The molecule has 0 radical (unpaired) electrons. The van der Waals surface area contributed by atoms with Gasteiger partial charge in [0.15, 0.2) is 5.13 Å². The number of rotatable bonds is 6. The lowest BCUT2D eigenvalue weighted by atomic mass is 10.0. The first-order chi connectivity index (χ1) is 13.0. The molecule has 146 valence electrons. The van der Waals surface area contributed by atoms with Gasteiger partial charge in [-0.05, 0) is 39.2 Å². The monoisotopic (exact) mass is 389 g/mol. The molecule has 27 heavy (non-hydrogen) atoms. The van der Waals surface area contributed by atoms with Gasteiger partial charge in [-0.1, -0.05) is 0 Å². The first-order valence-electron chi connectivity index (χ1n) is 9.39. The highest BCUT2D eigenvalue weighted by molar-refractivity contribution is 7.12. The van der Waals surface area contributed by atoms with Gasteiger partial charge in [-0.3, -0.25) is 14.2 Å². The third-order valence-corrected chi connectivity index (χ3v) is 5.82. The van der Waals surface area contributed by atoms with E-state index in [4.69, 9.17) is 5.73 Å². The smallest absolute Gasteiger partial charge is 0.256 e. The van der Waals surface area contributed by atoms with Crippen LogP contribution in [0.4, 0.5) is 0 Å². The highest BCUT2D eigenvalue weighted by Crippen LogP contribution is 2.26. The van der Waals surface area contributed by atoms with Crippen LogP contribution in [0.15, 0.2) is 17.6 Å². The summed E-state index contributed by atoms with van der Waals surface area (Å²) in [5.74, 6) is -0.0268. The second-order valence-electron chi connectivity index (χ2n) is 6.93. The Hall–Kier alpha value is -2.19. The number of aryl methyl sites for hydroxylation is 1. The zero-order valence-electron chi connectivity index (χ0n) is 15.9. The molecule has 2 aromatic rings. The van der Waals surface area contributed by atoms with Gasteiger partial charge in [0.25, 0.3) is 5.91 Å². The average molecular weight is 390 g/mol. The molecule has 1 aliphatic heterocycles. The third-order valence-electron chi connectivity index (χ3n) is 5.07. The molecule has 1 unspecified atom stereocenters. The third kappa shape index (κ3) is 4.22. The van der Waals surface area contributed by atoms with Gasteiger partial charge in [0.05, 0.1) is 5.56 Å². The molecule has 2 aromatic heterocycles. The number of carbonyl (C=O) groups is 2. The van der Waals surface area contributed by atoms with Crippen molar-refractivity contribution in [1.82, 2.24) is 19.8 Å². The minimum atomic E-state index is -0.0579. The van der Waals surface area contributed by atoms with Crippen LogP contribution < -0.4 is 11.1 Å². The normalized spacial score (nSPS) is 17.1. The number of nitrogens with two attached hydrogens (primary N) is 1. The molecule has 0 aromatic carbocycles. The molecule has 8 heteroatoms. The number of aromatic nitrogens is 2. The Labute approximate surface area is 163 Å². The Balaban J connectivity index is 1.79. The summed E-state index contributed by atoms with van der Waals surface area (Å²) >= 11 is 1.55. The Morgan fingerprint density at radius 2 is 2.19 bits per heavy atom. The van der Waals surface area contributed by atoms with Crippen LogP contribution in [0.2, 0.25) is 0 Å². The molecule has 3 heterocycles. The van der Waals surface area contributed by atoms with Gasteiger partial charge >= 0.3 is 0 Å². The lowest BCUT2D eigenvalue weighted by Gasteiger charge is -2.36. The van der Waals surface area contributed by atoms with Gasteiger partial charge in [-0.2, -0.15) is 0 Å². The predicted molar refractivity (Wildman–Crippen MR) is 106 cm³/mol. The molecule has 0 saturated carbocycles. The molecular formula is C19H27N5O2S. The lowest BCUT2D eigenvalue weighted by Crippen LogP contribution is -2.49. The van der Waals surface area contributed by atoms with Crippen molar-refractivity contribution in [3.8, 4) is 5.13 Å². The van der Waals surface area contributed by atoms with Crippen LogP contribution in [0.5, 0.6) is 0 Å². The van der Waals surface area contributed by atoms with Crippen LogP contribution in [-0.4, -0.2) is 51.9 Å². The van der Waals surface area contributed by atoms with Crippen LogP contribution in [0.25, 0.3) is 5.13 Å². The van der Waals surface area contributed by atoms with E-state index in [2.05, 4.69) is 10.3 Å². The Kier molecular flexibility index (Phi) is 6.28. The summed E-state index contributed by atoms with van der Waals surface area (Å²) in [6, 6.07) is 1.97. The standard InChI is InChI=1S/C19H27N5O2S/c1-13-11-16(14(2)24(13)19-21-8-10-27-19)18(26)23-9-4-3-5-15(23)12-22-17(25)6-7-20/h8,10-11,15H,3-7,9,12,20H2,1-2H3,(H,22,25). The van der Waals surface area contributed by atoms with E-state index in [-0.39, 0.29) is 17.9 Å². The van der Waals surface area contributed by atoms with E-state index >= 15 is 0 Å². The van der Waals surface area contributed by atoms with Gasteiger partial charge in [-0.25, -0.2) is 4.98 Å². The summed E-state index contributed by atoms with van der Waals surface area (Å²) in [5.41, 5.74) is 8.04. The molecule has 3 N–H and O–H groups in total. The van der Waals surface area contributed by atoms with E-state index in [9.17, 15) is 9.59 Å². The highest BCUT2D eigenvalue weighted by atomic mass is 32.1. The number of hydrogen-bond acceptors (Lipinski definition) is 5. The summed E-state index contributed by atoms with van der Waals surface area (Å²) in [6.07, 6.45) is 5.05. The molecule has 0 spiro atoms. The Morgan fingerprint density at radius 3 is 2.89 bits per heavy atom. The number of carbonyl (C=O) groups excluding carboxylic acids is 2. The predicted octanol–water partition coefficient (Wildman–Crippen LogP) is 2.01. The van der Waals surface area contributed by atoms with Crippen molar-refractivity contribution in [1.29, 1.82) is 0 Å². The number of amides is 2.